The minimum absolute atomic E-state index is 0.239. The zero-order chi connectivity index (χ0) is 23.5. The van der Waals surface area contributed by atoms with Gasteiger partial charge < -0.3 is 4.74 Å². The van der Waals surface area contributed by atoms with Crippen molar-refractivity contribution in [1.29, 1.82) is 0 Å². The Kier molecular flexibility index (Phi) is 6.09. The average Bonchev–Trinajstić information content (AvgIpc) is 3.23. The van der Waals surface area contributed by atoms with E-state index in [0.717, 1.165) is 29.0 Å². The molecule has 0 radical (unpaired) electrons. The Labute approximate surface area is 193 Å². The number of benzene rings is 3. The van der Waals surface area contributed by atoms with Crippen LogP contribution in [0.25, 0.3) is 16.9 Å². The van der Waals surface area contributed by atoms with Gasteiger partial charge in [0.1, 0.15) is 5.75 Å². The van der Waals surface area contributed by atoms with Gasteiger partial charge in [-0.1, -0.05) is 42.0 Å². The molecule has 0 saturated heterocycles. The van der Waals surface area contributed by atoms with Crippen LogP contribution in [0.1, 0.15) is 5.56 Å². The lowest BCUT2D eigenvalue weighted by Crippen LogP contribution is -1.99. The maximum absolute atomic E-state index is 11.6. The lowest BCUT2D eigenvalue weighted by molar-refractivity contribution is -0.396. The number of nitro groups is 2. The van der Waals surface area contributed by atoms with E-state index in [4.69, 9.17) is 9.72 Å². The van der Waals surface area contributed by atoms with E-state index >= 15 is 0 Å². The number of hydrogen-bond acceptors (Lipinski definition) is 7. The molecule has 4 rings (SSSR count). The van der Waals surface area contributed by atoms with Crippen molar-refractivity contribution in [3.05, 3.63) is 98.7 Å². The largest absolute Gasteiger partial charge is 0.495 e. The van der Waals surface area contributed by atoms with Gasteiger partial charge in [-0.2, -0.15) is 0 Å². The number of nitrogens with zero attached hydrogens (tertiary/aromatic N) is 4. The number of ether oxygens (including phenoxy) is 1. The molecule has 0 aliphatic carbocycles. The van der Waals surface area contributed by atoms with Crippen LogP contribution in [0.15, 0.2) is 83.0 Å². The number of para-hydroxylation sites is 2. The van der Waals surface area contributed by atoms with Crippen LogP contribution in [0, 0.1) is 27.2 Å². The summed E-state index contributed by atoms with van der Waals surface area (Å²) in [5.74, 6) is 0.602. The van der Waals surface area contributed by atoms with E-state index in [1.807, 2.05) is 61.7 Å². The van der Waals surface area contributed by atoms with Crippen LogP contribution >= 0.6 is 11.8 Å². The van der Waals surface area contributed by atoms with E-state index in [1.165, 1.54) is 12.1 Å². The van der Waals surface area contributed by atoms with Crippen LogP contribution in [0.4, 0.5) is 11.4 Å². The average molecular weight is 462 g/mol. The van der Waals surface area contributed by atoms with Gasteiger partial charge in [0, 0.05) is 17.8 Å². The Balaban J connectivity index is 1.86. The zero-order valence-electron chi connectivity index (χ0n) is 17.7. The van der Waals surface area contributed by atoms with E-state index in [-0.39, 0.29) is 16.3 Å². The Bertz CT molecular complexity index is 1350. The smallest absolute Gasteiger partial charge is 0.290 e. The second-order valence-corrected chi connectivity index (χ2v) is 8.09. The highest BCUT2D eigenvalue weighted by atomic mass is 32.2. The minimum atomic E-state index is -0.660. The van der Waals surface area contributed by atoms with Gasteiger partial charge in [0.2, 0.25) is 0 Å². The van der Waals surface area contributed by atoms with E-state index < -0.39 is 9.85 Å². The highest BCUT2D eigenvalue weighted by Gasteiger charge is 2.23. The van der Waals surface area contributed by atoms with Crippen LogP contribution in [-0.2, 0) is 0 Å². The summed E-state index contributed by atoms with van der Waals surface area (Å²) in [5.41, 5.74) is 2.67. The zero-order valence-corrected chi connectivity index (χ0v) is 18.5. The van der Waals surface area contributed by atoms with Crippen molar-refractivity contribution < 1.29 is 14.6 Å². The molecule has 0 spiro atoms. The van der Waals surface area contributed by atoms with Gasteiger partial charge in [-0.25, -0.2) is 4.98 Å². The summed E-state index contributed by atoms with van der Waals surface area (Å²) in [6.07, 6.45) is 1.84. The quantitative estimate of drug-likeness (QED) is 0.251. The summed E-state index contributed by atoms with van der Waals surface area (Å²) in [6.45, 7) is 1.99. The van der Waals surface area contributed by atoms with Crippen molar-refractivity contribution in [1.82, 2.24) is 9.55 Å². The topological polar surface area (TPSA) is 113 Å². The lowest BCUT2D eigenvalue weighted by Gasteiger charge is -2.11. The van der Waals surface area contributed by atoms with Crippen LogP contribution < -0.4 is 4.74 Å². The highest BCUT2D eigenvalue weighted by Crippen LogP contribution is 2.39. The molecule has 0 N–H and O–H groups in total. The summed E-state index contributed by atoms with van der Waals surface area (Å²) in [7, 11) is 1.56. The maximum Gasteiger partial charge on any atom is 0.290 e. The molecule has 33 heavy (non-hydrogen) atoms. The van der Waals surface area contributed by atoms with Crippen molar-refractivity contribution in [3.63, 3.8) is 0 Å². The number of rotatable bonds is 7. The fraction of sp³-hybridized carbons (Fsp3) is 0.0870. The summed E-state index contributed by atoms with van der Waals surface area (Å²) < 4.78 is 7.29. The maximum atomic E-state index is 11.6. The molecule has 10 heteroatoms. The normalized spacial score (nSPS) is 10.7. The Morgan fingerprint density at radius 2 is 1.70 bits per heavy atom. The van der Waals surface area contributed by atoms with Gasteiger partial charge in [-0.3, -0.25) is 24.8 Å². The van der Waals surface area contributed by atoms with E-state index in [2.05, 4.69) is 0 Å². The van der Waals surface area contributed by atoms with Gasteiger partial charge in [0.05, 0.1) is 39.3 Å². The van der Waals surface area contributed by atoms with Crippen molar-refractivity contribution in [2.45, 2.75) is 17.0 Å². The van der Waals surface area contributed by atoms with E-state index in [1.54, 1.807) is 11.7 Å². The third-order valence-corrected chi connectivity index (χ3v) is 5.95. The van der Waals surface area contributed by atoms with Gasteiger partial charge in [0.25, 0.3) is 11.4 Å². The first-order valence-corrected chi connectivity index (χ1v) is 10.6. The predicted molar refractivity (Wildman–Crippen MR) is 124 cm³/mol. The fourth-order valence-electron chi connectivity index (χ4n) is 3.25. The first-order valence-electron chi connectivity index (χ1n) is 9.78. The van der Waals surface area contributed by atoms with Crippen molar-refractivity contribution >= 4 is 23.1 Å². The van der Waals surface area contributed by atoms with Crippen molar-refractivity contribution in [2.75, 3.05) is 7.11 Å². The van der Waals surface area contributed by atoms with E-state index in [9.17, 15) is 20.2 Å². The molecule has 166 valence electrons. The number of imidazole rings is 1. The van der Waals surface area contributed by atoms with Gasteiger partial charge in [-0.15, -0.1) is 0 Å². The fourth-order valence-corrected chi connectivity index (χ4v) is 4.21. The summed E-state index contributed by atoms with van der Waals surface area (Å²) in [6, 6.07) is 18.8. The number of nitro benzene ring substituents is 2. The van der Waals surface area contributed by atoms with E-state index in [0.29, 0.717) is 22.3 Å². The number of non-ortho nitro benzene ring substituents is 1. The first kappa shape index (κ1) is 22.0. The molecule has 9 nitrogen and oxygen atoms in total. The monoisotopic (exact) mass is 462 g/mol. The predicted octanol–water partition coefficient (Wildman–Crippen LogP) is 5.82. The van der Waals surface area contributed by atoms with Crippen molar-refractivity contribution in [3.8, 4) is 22.7 Å². The summed E-state index contributed by atoms with van der Waals surface area (Å²) >= 11 is 1.05. The van der Waals surface area contributed by atoms with Crippen LogP contribution in [0.2, 0.25) is 0 Å². The van der Waals surface area contributed by atoms with Gasteiger partial charge >= 0.3 is 0 Å². The molecule has 0 aliphatic rings. The molecule has 0 atom stereocenters. The molecular formula is C23H18N4O5S. The third kappa shape index (κ3) is 4.55. The number of hydrogen-bond donors (Lipinski definition) is 0. The molecule has 1 heterocycles. The standard InChI is InChI=1S/C23H18N4O5S/c1-15-7-9-16(10-8-15)18-14-25(19-5-3-4-6-21(19)32-2)23(24-18)33-22-12-11-17(26(28)29)13-20(22)27(30)31/h3-14H,1-2H3. The Morgan fingerprint density at radius 3 is 2.36 bits per heavy atom. The molecular weight excluding hydrogens is 444 g/mol. The lowest BCUT2D eigenvalue weighted by atomic mass is 10.1. The second-order valence-electron chi connectivity index (χ2n) is 7.08. The van der Waals surface area contributed by atoms with Gasteiger partial charge in [0.15, 0.2) is 5.16 Å². The van der Waals surface area contributed by atoms with Crippen molar-refractivity contribution in [2.24, 2.45) is 0 Å². The molecule has 3 aromatic carbocycles. The molecule has 0 saturated carbocycles. The molecule has 0 aliphatic heterocycles. The van der Waals surface area contributed by atoms with Crippen LogP contribution in [0.5, 0.6) is 5.75 Å². The van der Waals surface area contributed by atoms with Gasteiger partial charge in [-0.05, 0) is 36.9 Å². The molecule has 0 unspecified atom stereocenters. The number of methoxy groups -OCH3 is 1. The number of aromatic nitrogens is 2. The SMILES string of the molecule is COc1ccccc1-n1cc(-c2ccc(C)cc2)nc1Sc1ccc([N+](=O)[O-])cc1[N+](=O)[O-]. The Morgan fingerprint density at radius 1 is 0.970 bits per heavy atom. The minimum Gasteiger partial charge on any atom is -0.495 e. The van der Waals surface area contributed by atoms with Crippen LogP contribution in [-0.4, -0.2) is 26.5 Å². The summed E-state index contributed by atoms with van der Waals surface area (Å²) in [4.78, 5) is 26.4. The van der Waals surface area contributed by atoms with Crippen LogP contribution in [0.3, 0.4) is 0 Å². The second kappa shape index (κ2) is 9.13. The molecule has 0 amide bonds. The molecule has 0 fully saturated rings. The summed E-state index contributed by atoms with van der Waals surface area (Å²) in [5, 5.41) is 23.2. The first-order chi connectivity index (χ1) is 15.9. The number of aryl methyl sites for hydroxylation is 1. The molecule has 4 aromatic rings. The Hall–Kier alpha value is -4.18. The highest BCUT2D eigenvalue weighted by molar-refractivity contribution is 7.99. The molecule has 0 bridgehead atoms. The third-order valence-electron chi connectivity index (χ3n) is 4.92. The molecule has 1 aromatic heterocycles.